The van der Waals surface area contributed by atoms with E-state index in [1.54, 1.807) is 12.4 Å². The summed E-state index contributed by atoms with van der Waals surface area (Å²) in [6.07, 6.45) is 2.25. The summed E-state index contributed by atoms with van der Waals surface area (Å²) in [6.45, 7) is 2.30. The summed E-state index contributed by atoms with van der Waals surface area (Å²) >= 11 is 0. The van der Waals surface area contributed by atoms with Gasteiger partial charge in [0.2, 0.25) is 5.91 Å². The first-order valence-electron chi connectivity index (χ1n) is 17.1. The average Bonchev–Trinajstić information content (AvgIpc) is 3.23. The number of carboxylic acids is 1. The van der Waals surface area contributed by atoms with Crippen LogP contribution in [-0.4, -0.2) is 76.1 Å². The van der Waals surface area contributed by atoms with Gasteiger partial charge in [0.1, 0.15) is 6.15 Å². The number of aliphatic carboxylic acids is 1. The molecular weight excluding hydrogens is 735 g/mol. The molecule has 0 saturated heterocycles. The Bertz CT molecular complexity index is 1610. The van der Waals surface area contributed by atoms with Crippen LogP contribution in [0.25, 0.3) is 0 Å². The van der Waals surface area contributed by atoms with Crippen LogP contribution in [0, 0.1) is 0 Å². The molecular formula is C43H51BFeN4O6+. The Kier molecular flexibility index (Phi) is 27.0. The first kappa shape index (κ1) is 49.5. The molecule has 10 nitrogen and oxygen atoms in total. The molecule has 289 valence electrons. The van der Waals surface area contributed by atoms with Crippen molar-refractivity contribution in [3.63, 3.8) is 0 Å². The SMILES string of the molecule is CC(=O)[O-].CO.CO.CO.NC(=O)CN(Cc1ccccn1)Cc1ccccn1.[Fe+3].c1ccc([B-](c2ccccc2)(c2ccccc2)c2ccccc2)cc1. The number of carbonyl (C=O) groups is 2. The third-order valence-electron chi connectivity index (χ3n) is 7.80. The zero-order valence-corrected chi connectivity index (χ0v) is 32.8. The molecule has 5 N–H and O–H groups in total. The van der Waals surface area contributed by atoms with E-state index in [9.17, 15) is 4.79 Å². The standard InChI is InChI=1S/C24H20B.C14H16N4O.C2H4O2.3CH4O.Fe/c1-5-13-21(14-6-1)25(22-15-7-2-8-16-22,23-17-9-3-10-18-23)24-19-11-4-12-20-24;15-14(19)11-18(9-12-5-1-3-7-16-12)10-13-6-2-4-8-17-13;1-2(3)4;3*1-2;/h1-20H;1-8H,9-11H2,(H2,15,19);1H3,(H,3,4);3*2H,1H3;/q-1;;;;;;+3/p-1. The number of rotatable bonds is 10. The van der Waals surface area contributed by atoms with Crippen LogP contribution in [0.2, 0.25) is 0 Å². The molecule has 4 aromatic carbocycles. The molecule has 1 amide bonds. The van der Waals surface area contributed by atoms with E-state index in [1.165, 1.54) is 21.9 Å². The maximum Gasteiger partial charge on any atom is 3.00 e. The van der Waals surface area contributed by atoms with Gasteiger partial charge in [0.15, 0.2) is 0 Å². The van der Waals surface area contributed by atoms with Gasteiger partial charge in [0.05, 0.1) is 17.9 Å². The number of carbonyl (C=O) groups excluding carboxylic acids is 2. The number of hydrogen-bond acceptors (Lipinski definition) is 9. The van der Waals surface area contributed by atoms with Crippen LogP contribution in [0.5, 0.6) is 0 Å². The van der Waals surface area contributed by atoms with Crippen LogP contribution in [-0.2, 0) is 39.7 Å². The van der Waals surface area contributed by atoms with Gasteiger partial charge in [-0.2, -0.15) is 21.9 Å². The van der Waals surface area contributed by atoms with Gasteiger partial charge in [-0.05, 0) is 31.2 Å². The molecule has 0 aliphatic heterocycles. The number of aliphatic hydroxyl groups excluding tert-OH is 3. The minimum absolute atomic E-state index is 0. The molecule has 0 bridgehead atoms. The predicted octanol–water partition coefficient (Wildman–Crippen LogP) is 1.61. The molecule has 55 heavy (non-hydrogen) atoms. The van der Waals surface area contributed by atoms with Crippen molar-refractivity contribution in [2.45, 2.75) is 20.0 Å². The first-order chi connectivity index (χ1) is 26.4. The fourth-order valence-corrected chi connectivity index (χ4v) is 5.95. The van der Waals surface area contributed by atoms with Crippen molar-refractivity contribution in [2.24, 2.45) is 5.73 Å². The number of aromatic nitrogens is 2. The van der Waals surface area contributed by atoms with Gasteiger partial charge in [-0.25, -0.2) is 0 Å². The fourth-order valence-electron chi connectivity index (χ4n) is 5.95. The van der Waals surface area contributed by atoms with E-state index < -0.39 is 12.1 Å². The largest absolute Gasteiger partial charge is 3.00 e. The van der Waals surface area contributed by atoms with E-state index in [1.807, 2.05) is 41.3 Å². The Morgan fingerprint density at radius 1 is 0.545 bits per heavy atom. The van der Waals surface area contributed by atoms with Crippen LogP contribution in [0.4, 0.5) is 0 Å². The minimum atomic E-state index is -1.22. The topological polar surface area (TPSA) is 173 Å². The molecule has 6 rings (SSSR count). The van der Waals surface area contributed by atoms with Gasteiger partial charge in [-0.3, -0.25) is 19.7 Å². The van der Waals surface area contributed by atoms with Crippen molar-refractivity contribution in [1.29, 1.82) is 0 Å². The fraction of sp³-hybridized carbons (Fsp3) is 0.163. The number of hydrogen-bond donors (Lipinski definition) is 4. The van der Waals surface area contributed by atoms with E-state index in [-0.39, 0.29) is 29.5 Å². The van der Waals surface area contributed by atoms with Crippen molar-refractivity contribution in [3.05, 3.63) is 182 Å². The molecule has 2 aromatic heterocycles. The van der Waals surface area contributed by atoms with Gasteiger partial charge >= 0.3 is 17.1 Å². The van der Waals surface area contributed by atoms with Crippen LogP contribution >= 0.6 is 0 Å². The number of pyridine rings is 2. The number of benzene rings is 4. The van der Waals surface area contributed by atoms with Crippen molar-refractivity contribution in [2.75, 3.05) is 27.9 Å². The summed E-state index contributed by atoms with van der Waals surface area (Å²) in [5, 5.41) is 29.9. The van der Waals surface area contributed by atoms with E-state index in [0.717, 1.165) is 39.6 Å². The normalized spacial score (nSPS) is 9.53. The second kappa shape index (κ2) is 29.9. The zero-order valence-electron chi connectivity index (χ0n) is 31.7. The smallest absolute Gasteiger partial charge is 0.550 e. The monoisotopic (exact) mass is 786 g/mol. The maximum atomic E-state index is 11.1. The zero-order chi connectivity index (χ0) is 40.0. The molecule has 0 fully saturated rings. The Morgan fingerprint density at radius 2 is 0.800 bits per heavy atom. The first-order valence-corrected chi connectivity index (χ1v) is 17.1. The molecule has 0 unspecified atom stereocenters. The molecule has 2 heterocycles. The Labute approximate surface area is 335 Å². The van der Waals surface area contributed by atoms with Crippen LogP contribution in [0.15, 0.2) is 170 Å². The van der Waals surface area contributed by atoms with Crippen LogP contribution in [0.1, 0.15) is 18.3 Å². The summed E-state index contributed by atoms with van der Waals surface area (Å²) in [4.78, 5) is 30.4. The number of primary amides is 1. The Morgan fingerprint density at radius 3 is 1.02 bits per heavy atom. The van der Waals surface area contributed by atoms with Crippen molar-refractivity contribution in [3.8, 4) is 0 Å². The van der Waals surface area contributed by atoms with E-state index in [4.69, 9.17) is 31.0 Å². The molecule has 0 atom stereocenters. The van der Waals surface area contributed by atoms with E-state index in [0.29, 0.717) is 13.1 Å². The number of aliphatic hydroxyl groups is 3. The number of amides is 1. The number of nitrogens with two attached hydrogens (primary N) is 1. The summed E-state index contributed by atoms with van der Waals surface area (Å²) in [5.74, 6) is -1.44. The summed E-state index contributed by atoms with van der Waals surface area (Å²) in [7, 11) is 3.00. The number of nitrogens with zero attached hydrogens (tertiary/aromatic N) is 3. The molecule has 12 heteroatoms. The van der Waals surface area contributed by atoms with Gasteiger partial charge in [0, 0.05) is 52.8 Å². The molecule has 6 aromatic rings. The molecule has 0 spiro atoms. The maximum absolute atomic E-state index is 11.1. The van der Waals surface area contributed by atoms with Crippen molar-refractivity contribution in [1.82, 2.24) is 14.9 Å². The van der Waals surface area contributed by atoms with Gasteiger partial charge in [-0.1, -0.05) is 133 Å². The third kappa shape index (κ3) is 17.0. The molecule has 1 radical (unpaired) electrons. The van der Waals surface area contributed by atoms with E-state index in [2.05, 4.69) is 131 Å². The average molecular weight is 787 g/mol. The number of carboxylic acid groups (broad SMARTS) is 1. The molecule has 0 saturated carbocycles. The summed E-state index contributed by atoms with van der Waals surface area (Å²) < 4.78 is 0. The Balaban J connectivity index is 0.000000866. The quantitative estimate of drug-likeness (QED) is 0.151. The minimum Gasteiger partial charge on any atom is -0.550 e. The summed E-state index contributed by atoms with van der Waals surface area (Å²) in [5.41, 5.74) is 12.4. The van der Waals surface area contributed by atoms with Crippen LogP contribution < -0.4 is 32.7 Å². The van der Waals surface area contributed by atoms with Gasteiger partial charge in [-0.15, -0.1) is 0 Å². The molecule has 0 aliphatic rings. The van der Waals surface area contributed by atoms with E-state index >= 15 is 0 Å². The van der Waals surface area contributed by atoms with Gasteiger partial charge in [0.25, 0.3) is 0 Å². The predicted molar refractivity (Wildman–Crippen MR) is 217 cm³/mol. The van der Waals surface area contributed by atoms with Crippen LogP contribution in [0.3, 0.4) is 0 Å². The second-order valence-corrected chi connectivity index (χ2v) is 11.3. The Hall–Kier alpha value is -5.46. The van der Waals surface area contributed by atoms with Gasteiger partial charge < -0.3 is 31.0 Å². The summed E-state index contributed by atoms with van der Waals surface area (Å²) in [6, 6.07) is 54.9. The second-order valence-electron chi connectivity index (χ2n) is 11.3. The molecule has 0 aliphatic carbocycles. The van der Waals surface area contributed by atoms with Crippen molar-refractivity contribution < 1.29 is 47.1 Å². The third-order valence-corrected chi connectivity index (χ3v) is 7.80. The van der Waals surface area contributed by atoms with Crippen molar-refractivity contribution >= 4 is 39.9 Å².